The van der Waals surface area contributed by atoms with Crippen molar-refractivity contribution in [3.8, 4) is 0 Å². The largest absolute Gasteiger partial charge is 0.356 e. The molecule has 1 aromatic rings. The summed E-state index contributed by atoms with van der Waals surface area (Å²) in [5.41, 5.74) is 0.754. The average Bonchev–Trinajstić information content (AvgIpc) is 3.08. The highest BCUT2D eigenvalue weighted by molar-refractivity contribution is 5.87. The van der Waals surface area contributed by atoms with Gasteiger partial charge in [-0.15, -0.1) is 0 Å². The Morgan fingerprint density at radius 3 is 2.41 bits per heavy atom. The number of piperidine rings is 1. The van der Waals surface area contributed by atoms with E-state index in [1.54, 1.807) is 4.90 Å². The molecule has 0 aromatic heterocycles. The molecule has 3 heterocycles. The molecule has 3 aliphatic rings. The van der Waals surface area contributed by atoms with Crippen LogP contribution in [0.1, 0.15) is 51.1 Å². The van der Waals surface area contributed by atoms with Gasteiger partial charge >= 0.3 is 0 Å². The number of nitrogens with one attached hydrogen (secondary N) is 1. The number of carbonyl (C=O) groups is 3. The van der Waals surface area contributed by atoms with Crippen molar-refractivity contribution in [3.05, 3.63) is 35.9 Å². The van der Waals surface area contributed by atoms with E-state index in [0.29, 0.717) is 19.5 Å². The predicted molar refractivity (Wildman–Crippen MR) is 107 cm³/mol. The normalized spacial score (nSPS) is 26.9. The van der Waals surface area contributed by atoms with Gasteiger partial charge in [-0.25, -0.2) is 0 Å². The van der Waals surface area contributed by atoms with Crippen molar-refractivity contribution in [2.75, 3.05) is 19.7 Å². The third kappa shape index (κ3) is 3.75. The molecule has 1 spiro atoms. The molecule has 1 aromatic carbocycles. The van der Waals surface area contributed by atoms with Crippen LogP contribution in [0.25, 0.3) is 0 Å². The lowest BCUT2D eigenvalue weighted by atomic mass is 9.85. The number of ether oxygens (including phenoxy) is 1. The summed E-state index contributed by atoms with van der Waals surface area (Å²) in [6.07, 6.45) is 2.22. The van der Waals surface area contributed by atoms with Crippen molar-refractivity contribution in [1.82, 2.24) is 15.1 Å². The van der Waals surface area contributed by atoms with E-state index >= 15 is 0 Å². The van der Waals surface area contributed by atoms with E-state index < -0.39 is 12.1 Å². The smallest absolute Gasteiger partial charge is 0.254 e. The Hall–Kier alpha value is -2.41. The number of carbonyl (C=O) groups excluding carboxylic acids is 3. The molecule has 0 unspecified atom stereocenters. The highest BCUT2D eigenvalue weighted by Crippen LogP contribution is 2.35. The molecule has 0 bridgehead atoms. The first-order valence-electron chi connectivity index (χ1n) is 10.5. The van der Waals surface area contributed by atoms with E-state index in [0.717, 1.165) is 24.8 Å². The van der Waals surface area contributed by atoms with E-state index in [9.17, 15) is 14.4 Å². The van der Waals surface area contributed by atoms with Crippen molar-refractivity contribution in [3.63, 3.8) is 0 Å². The van der Waals surface area contributed by atoms with Crippen LogP contribution >= 0.6 is 0 Å². The molecule has 3 amide bonds. The number of nitrogens with zero attached hydrogens (tertiary/aromatic N) is 2. The summed E-state index contributed by atoms with van der Waals surface area (Å²) >= 11 is 0. The lowest BCUT2D eigenvalue weighted by Gasteiger charge is -2.45. The summed E-state index contributed by atoms with van der Waals surface area (Å²) in [5.74, 6) is -0.0593. The van der Waals surface area contributed by atoms with Crippen LogP contribution < -0.4 is 5.32 Å². The van der Waals surface area contributed by atoms with E-state index in [4.69, 9.17) is 4.74 Å². The molecule has 3 fully saturated rings. The van der Waals surface area contributed by atoms with Crippen molar-refractivity contribution in [1.29, 1.82) is 0 Å². The molecule has 1 N–H and O–H groups in total. The predicted octanol–water partition coefficient (Wildman–Crippen LogP) is 1.63. The summed E-state index contributed by atoms with van der Waals surface area (Å²) in [5, 5.41) is 3.11. The van der Waals surface area contributed by atoms with Crippen molar-refractivity contribution >= 4 is 17.7 Å². The molecular weight excluding hydrogens is 370 g/mol. The van der Waals surface area contributed by atoms with Crippen LogP contribution in [0.15, 0.2) is 30.3 Å². The zero-order valence-corrected chi connectivity index (χ0v) is 17.1. The standard InChI is InChI=1S/C22H29N3O4/c1-15(2)25-18(27)14-29-20(19(25)16-6-4-3-5-7-16)21(28)24-12-10-22(11-13-24)9-8-17(26)23-22/h3-7,15,19-20H,8-14H2,1-2H3,(H,23,26)/t19-,20+/m1/s1. The molecule has 156 valence electrons. The summed E-state index contributed by atoms with van der Waals surface area (Å²) < 4.78 is 5.83. The third-order valence-corrected chi connectivity index (χ3v) is 6.47. The van der Waals surface area contributed by atoms with E-state index in [-0.39, 0.29) is 35.9 Å². The maximum atomic E-state index is 13.5. The topological polar surface area (TPSA) is 79.0 Å². The first-order chi connectivity index (χ1) is 13.9. The Bertz CT molecular complexity index is 787. The highest BCUT2D eigenvalue weighted by Gasteiger charge is 2.46. The second kappa shape index (κ2) is 7.78. The van der Waals surface area contributed by atoms with Crippen LogP contribution in [0.4, 0.5) is 0 Å². The second-order valence-electron chi connectivity index (χ2n) is 8.64. The van der Waals surface area contributed by atoms with Crippen LogP contribution in [-0.2, 0) is 19.1 Å². The number of likely N-dealkylation sites (tertiary alicyclic amines) is 1. The zero-order valence-electron chi connectivity index (χ0n) is 17.1. The molecule has 0 aliphatic carbocycles. The summed E-state index contributed by atoms with van der Waals surface area (Å²) in [6.45, 7) is 5.04. The molecule has 3 saturated heterocycles. The number of amides is 3. The number of hydrogen-bond donors (Lipinski definition) is 1. The van der Waals surface area contributed by atoms with E-state index in [2.05, 4.69) is 5.32 Å². The van der Waals surface area contributed by atoms with Gasteiger partial charge in [0.2, 0.25) is 11.8 Å². The Kier molecular flexibility index (Phi) is 5.34. The second-order valence-corrected chi connectivity index (χ2v) is 8.64. The Morgan fingerprint density at radius 2 is 1.83 bits per heavy atom. The third-order valence-electron chi connectivity index (χ3n) is 6.47. The van der Waals surface area contributed by atoms with Gasteiger partial charge in [0, 0.05) is 31.1 Å². The number of hydrogen-bond acceptors (Lipinski definition) is 4. The summed E-state index contributed by atoms with van der Waals surface area (Å²) in [7, 11) is 0. The van der Waals surface area contributed by atoms with Gasteiger partial charge in [-0.2, -0.15) is 0 Å². The quantitative estimate of drug-likeness (QED) is 0.838. The first kappa shape index (κ1) is 19.9. The first-order valence-corrected chi connectivity index (χ1v) is 10.5. The van der Waals surface area contributed by atoms with Gasteiger partial charge in [0.1, 0.15) is 6.61 Å². The van der Waals surface area contributed by atoms with Crippen LogP contribution in [0, 0.1) is 0 Å². The molecule has 3 aliphatic heterocycles. The fourth-order valence-electron chi connectivity index (χ4n) is 4.91. The van der Waals surface area contributed by atoms with Gasteiger partial charge in [0.15, 0.2) is 6.10 Å². The molecule has 2 atom stereocenters. The van der Waals surface area contributed by atoms with Crippen molar-refractivity contribution in [2.24, 2.45) is 0 Å². The number of benzene rings is 1. The molecular formula is C22H29N3O4. The van der Waals surface area contributed by atoms with Crippen LogP contribution in [0.3, 0.4) is 0 Å². The molecule has 0 radical (unpaired) electrons. The van der Waals surface area contributed by atoms with Gasteiger partial charge in [0.05, 0.1) is 6.04 Å². The van der Waals surface area contributed by atoms with Gasteiger partial charge in [-0.05, 0) is 38.7 Å². The van der Waals surface area contributed by atoms with Crippen LogP contribution in [0.5, 0.6) is 0 Å². The van der Waals surface area contributed by atoms with Gasteiger partial charge in [0.25, 0.3) is 5.91 Å². The maximum Gasteiger partial charge on any atom is 0.254 e. The van der Waals surface area contributed by atoms with E-state index in [1.165, 1.54) is 0 Å². The highest BCUT2D eigenvalue weighted by atomic mass is 16.5. The zero-order chi connectivity index (χ0) is 20.6. The molecule has 29 heavy (non-hydrogen) atoms. The molecule has 7 heteroatoms. The minimum Gasteiger partial charge on any atom is -0.356 e. The van der Waals surface area contributed by atoms with Crippen LogP contribution in [0.2, 0.25) is 0 Å². The lowest BCUT2D eigenvalue weighted by Crippen LogP contribution is -2.59. The molecule has 0 saturated carbocycles. The average molecular weight is 399 g/mol. The number of morpholine rings is 1. The van der Waals surface area contributed by atoms with E-state index in [1.807, 2.05) is 49.1 Å². The lowest BCUT2D eigenvalue weighted by molar-refractivity contribution is -0.172. The summed E-state index contributed by atoms with van der Waals surface area (Å²) in [4.78, 5) is 41.3. The monoisotopic (exact) mass is 399 g/mol. The Balaban J connectivity index is 1.54. The van der Waals surface area contributed by atoms with Gasteiger partial charge in [-0.1, -0.05) is 30.3 Å². The maximum absolute atomic E-state index is 13.5. The van der Waals surface area contributed by atoms with Gasteiger partial charge < -0.3 is 19.9 Å². The number of rotatable bonds is 3. The fraction of sp³-hybridized carbons (Fsp3) is 0.591. The minimum absolute atomic E-state index is 0.0368. The SMILES string of the molecule is CC(C)N1C(=O)CO[C@H](C(=O)N2CCC3(CCC(=O)N3)CC2)[C@H]1c1ccccc1. The minimum atomic E-state index is -0.718. The van der Waals surface area contributed by atoms with Crippen molar-refractivity contribution in [2.45, 2.75) is 63.3 Å². The Morgan fingerprint density at radius 1 is 1.14 bits per heavy atom. The van der Waals surface area contributed by atoms with Crippen molar-refractivity contribution < 1.29 is 19.1 Å². The van der Waals surface area contributed by atoms with Gasteiger partial charge in [-0.3, -0.25) is 14.4 Å². The molecule has 4 rings (SSSR count). The molecule has 7 nitrogen and oxygen atoms in total. The Labute approximate surface area is 171 Å². The fourth-order valence-corrected chi connectivity index (χ4v) is 4.91. The van der Waals surface area contributed by atoms with Crippen LogP contribution in [-0.4, -0.2) is 64.9 Å². The summed E-state index contributed by atoms with van der Waals surface area (Å²) in [6, 6.07) is 9.18.